The monoisotopic (exact) mass is 233 g/mol. The molecule has 1 heterocycles. The van der Waals surface area contributed by atoms with Crippen LogP contribution in [-0.4, -0.2) is 30.9 Å². The van der Waals surface area contributed by atoms with Gasteiger partial charge in [0, 0.05) is 14.2 Å². The fraction of sp³-hybridized carbons (Fsp3) is 0.333. The molecule has 0 saturated carbocycles. The van der Waals surface area contributed by atoms with E-state index in [9.17, 15) is 4.79 Å². The number of benzene rings is 1. The van der Waals surface area contributed by atoms with E-state index >= 15 is 0 Å². The number of amides is 2. The summed E-state index contributed by atoms with van der Waals surface area (Å²) in [6.07, 6.45) is 0. The molecule has 0 bridgehead atoms. The van der Waals surface area contributed by atoms with E-state index in [-0.39, 0.29) is 17.9 Å². The zero-order valence-corrected chi connectivity index (χ0v) is 9.86. The fourth-order valence-electron chi connectivity index (χ4n) is 1.94. The van der Waals surface area contributed by atoms with Crippen molar-refractivity contribution in [3.8, 4) is 0 Å². The molecule has 17 heavy (non-hydrogen) atoms. The van der Waals surface area contributed by atoms with Crippen molar-refractivity contribution in [3.05, 3.63) is 35.4 Å². The molecular weight excluding hydrogens is 218 g/mol. The summed E-state index contributed by atoms with van der Waals surface area (Å²) in [6.45, 7) is 0.565. The van der Waals surface area contributed by atoms with Gasteiger partial charge in [0.2, 0.25) is 0 Å². The zero-order chi connectivity index (χ0) is 12.4. The van der Waals surface area contributed by atoms with Gasteiger partial charge in [-0.15, -0.1) is 0 Å². The van der Waals surface area contributed by atoms with Crippen LogP contribution in [0.5, 0.6) is 0 Å². The van der Waals surface area contributed by atoms with Gasteiger partial charge in [0.25, 0.3) is 0 Å². The van der Waals surface area contributed by atoms with Gasteiger partial charge in [-0.05, 0) is 11.1 Å². The van der Waals surface area contributed by atoms with Crippen LogP contribution in [0.1, 0.15) is 17.2 Å². The van der Waals surface area contributed by atoms with Gasteiger partial charge < -0.3 is 9.64 Å². The summed E-state index contributed by atoms with van der Waals surface area (Å²) in [7, 11) is 3.33. The topological polar surface area (TPSA) is 65.4 Å². The van der Waals surface area contributed by atoms with Crippen LogP contribution < -0.4 is 5.32 Å². The number of hydrogen-bond donors (Lipinski definition) is 2. The molecule has 1 saturated heterocycles. The molecule has 0 spiro atoms. The van der Waals surface area contributed by atoms with Crippen LogP contribution in [0, 0.1) is 5.41 Å². The highest BCUT2D eigenvalue weighted by atomic mass is 16.5. The summed E-state index contributed by atoms with van der Waals surface area (Å²) < 4.78 is 5.03. The number of carbonyl (C=O) groups is 1. The van der Waals surface area contributed by atoms with Gasteiger partial charge >= 0.3 is 6.03 Å². The average molecular weight is 233 g/mol. The Morgan fingerprint density at radius 2 is 2.06 bits per heavy atom. The average Bonchev–Trinajstić information content (AvgIpc) is 2.55. The van der Waals surface area contributed by atoms with E-state index in [4.69, 9.17) is 10.1 Å². The summed E-state index contributed by atoms with van der Waals surface area (Å²) in [5, 5.41) is 10.2. The van der Waals surface area contributed by atoms with Crippen molar-refractivity contribution >= 4 is 11.9 Å². The van der Waals surface area contributed by atoms with E-state index < -0.39 is 0 Å². The SMILES string of the molecule is COCc1ccc(C2C(=N)NC(=O)N2C)cc1. The Kier molecular flexibility index (Phi) is 3.10. The van der Waals surface area contributed by atoms with Crippen molar-refractivity contribution in [3.63, 3.8) is 0 Å². The second kappa shape index (κ2) is 4.55. The lowest BCUT2D eigenvalue weighted by atomic mass is 10.0. The molecule has 5 nitrogen and oxygen atoms in total. The van der Waals surface area contributed by atoms with Crippen molar-refractivity contribution in [1.82, 2.24) is 10.2 Å². The van der Waals surface area contributed by atoms with Crippen molar-refractivity contribution in [2.45, 2.75) is 12.6 Å². The molecule has 1 aromatic carbocycles. The third-order valence-corrected chi connectivity index (χ3v) is 2.83. The smallest absolute Gasteiger partial charge is 0.323 e. The van der Waals surface area contributed by atoms with Crippen molar-refractivity contribution in [1.29, 1.82) is 5.41 Å². The van der Waals surface area contributed by atoms with Gasteiger partial charge in [0.1, 0.15) is 11.9 Å². The normalized spacial score (nSPS) is 19.6. The number of nitrogens with one attached hydrogen (secondary N) is 2. The zero-order valence-electron chi connectivity index (χ0n) is 9.86. The molecule has 2 rings (SSSR count). The lowest BCUT2D eigenvalue weighted by Crippen LogP contribution is -2.25. The molecular formula is C12H15N3O2. The number of rotatable bonds is 3. The van der Waals surface area contributed by atoms with Crippen molar-refractivity contribution in [2.24, 2.45) is 0 Å². The standard InChI is InChI=1S/C12H15N3O2/c1-15-10(11(13)14-12(15)16)9-5-3-8(4-6-9)7-17-2/h3-6,10H,7H2,1-2H3,(H2,13,14,16). The number of nitrogens with zero attached hydrogens (tertiary/aromatic N) is 1. The molecule has 0 radical (unpaired) electrons. The highest BCUT2D eigenvalue weighted by molar-refractivity contribution is 6.05. The van der Waals surface area contributed by atoms with E-state index in [1.165, 1.54) is 4.90 Å². The maximum Gasteiger partial charge on any atom is 0.323 e. The first-order valence-electron chi connectivity index (χ1n) is 5.33. The Morgan fingerprint density at radius 1 is 1.41 bits per heavy atom. The summed E-state index contributed by atoms with van der Waals surface area (Å²) in [4.78, 5) is 12.9. The predicted octanol–water partition coefficient (Wildman–Crippen LogP) is 1.51. The highest BCUT2D eigenvalue weighted by Gasteiger charge is 2.33. The summed E-state index contributed by atoms with van der Waals surface area (Å²) >= 11 is 0. The number of hydrogen-bond acceptors (Lipinski definition) is 3. The maximum atomic E-state index is 11.4. The third kappa shape index (κ3) is 2.14. The first-order chi connectivity index (χ1) is 8.13. The van der Waals surface area contributed by atoms with Crippen LogP contribution in [0.25, 0.3) is 0 Å². The molecule has 2 N–H and O–H groups in total. The van der Waals surface area contributed by atoms with Gasteiger partial charge in [-0.3, -0.25) is 10.7 Å². The Bertz CT molecular complexity index is 442. The van der Waals surface area contributed by atoms with Crippen LogP contribution in [0.3, 0.4) is 0 Å². The van der Waals surface area contributed by atoms with Gasteiger partial charge in [0.15, 0.2) is 0 Å². The Hall–Kier alpha value is -1.88. The van der Waals surface area contributed by atoms with Crippen molar-refractivity contribution < 1.29 is 9.53 Å². The van der Waals surface area contributed by atoms with Crippen LogP contribution in [0.15, 0.2) is 24.3 Å². The first kappa shape index (κ1) is 11.6. The van der Waals surface area contributed by atoms with Gasteiger partial charge in [-0.25, -0.2) is 4.79 Å². The summed E-state index contributed by atoms with van der Waals surface area (Å²) in [5.41, 5.74) is 2.00. The molecule has 1 atom stereocenters. The minimum absolute atomic E-state index is 0.219. The number of methoxy groups -OCH3 is 1. The fourth-order valence-corrected chi connectivity index (χ4v) is 1.94. The number of carbonyl (C=O) groups excluding carboxylic acids is 1. The molecule has 2 amide bonds. The number of likely N-dealkylation sites (N-methyl/N-ethyl adjacent to an activating group) is 1. The molecule has 1 aliphatic heterocycles. The molecule has 1 aliphatic rings. The Balaban J connectivity index is 2.22. The lowest BCUT2D eigenvalue weighted by molar-refractivity contribution is 0.185. The Morgan fingerprint density at radius 3 is 2.53 bits per heavy atom. The van der Waals surface area contributed by atoms with E-state index in [0.29, 0.717) is 6.61 Å². The van der Waals surface area contributed by atoms with Crippen LogP contribution >= 0.6 is 0 Å². The molecule has 5 heteroatoms. The third-order valence-electron chi connectivity index (χ3n) is 2.83. The van der Waals surface area contributed by atoms with E-state index in [0.717, 1.165) is 11.1 Å². The molecule has 0 aromatic heterocycles. The number of amidine groups is 1. The van der Waals surface area contributed by atoms with Gasteiger partial charge in [-0.2, -0.15) is 0 Å². The first-order valence-corrected chi connectivity index (χ1v) is 5.33. The van der Waals surface area contributed by atoms with Crippen LogP contribution in [0.4, 0.5) is 4.79 Å². The highest BCUT2D eigenvalue weighted by Crippen LogP contribution is 2.24. The van der Waals surface area contributed by atoms with E-state index in [1.54, 1.807) is 14.2 Å². The minimum atomic E-state index is -0.306. The van der Waals surface area contributed by atoms with E-state index in [1.807, 2.05) is 24.3 Å². The lowest BCUT2D eigenvalue weighted by Gasteiger charge is -2.18. The largest absolute Gasteiger partial charge is 0.380 e. The van der Waals surface area contributed by atoms with Gasteiger partial charge in [-0.1, -0.05) is 24.3 Å². The second-order valence-corrected chi connectivity index (χ2v) is 4.03. The minimum Gasteiger partial charge on any atom is -0.380 e. The van der Waals surface area contributed by atoms with Crippen LogP contribution in [-0.2, 0) is 11.3 Å². The molecule has 1 aromatic rings. The number of urea groups is 1. The van der Waals surface area contributed by atoms with Crippen molar-refractivity contribution in [2.75, 3.05) is 14.2 Å². The number of ether oxygens (including phenoxy) is 1. The summed E-state index contributed by atoms with van der Waals surface area (Å²) in [5.74, 6) is 0.219. The molecule has 0 aliphatic carbocycles. The molecule has 90 valence electrons. The Labute approximate surface area is 99.9 Å². The van der Waals surface area contributed by atoms with Crippen LogP contribution in [0.2, 0.25) is 0 Å². The predicted molar refractivity (Wildman–Crippen MR) is 63.9 cm³/mol. The maximum absolute atomic E-state index is 11.4. The van der Waals surface area contributed by atoms with E-state index in [2.05, 4.69) is 5.32 Å². The second-order valence-electron chi connectivity index (χ2n) is 4.03. The molecule has 1 fully saturated rings. The molecule has 1 unspecified atom stereocenters. The van der Waals surface area contributed by atoms with Gasteiger partial charge in [0.05, 0.1) is 6.61 Å². The summed E-state index contributed by atoms with van der Waals surface area (Å²) in [6, 6.07) is 7.19. The quantitative estimate of drug-likeness (QED) is 0.831.